The van der Waals surface area contributed by atoms with Gasteiger partial charge in [-0.2, -0.15) is 0 Å². The summed E-state index contributed by atoms with van der Waals surface area (Å²) in [6, 6.07) is 2.60. The minimum atomic E-state index is -1.69. The molecule has 0 bridgehead atoms. The molecule has 80 valence electrons. The molecule has 2 N–H and O–H groups in total. The normalized spacial score (nSPS) is 9.73. The highest BCUT2D eigenvalue weighted by atomic mass is 35.5. The fourth-order valence-corrected chi connectivity index (χ4v) is 1.27. The largest absolute Gasteiger partial charge is 0.504 e. The van der Waals surface area contributed by atoms with Crippen LogP contribution in [0.3, 0.4) is 0 Å². The van der Waals surface area contributed by atoms with Crippen LogP contribution in [0.25, 0.3) is 0 Å². The summed E-state index contributed by atoms with van der Waals surface area (Å²) in [7, 11) is 1.28. The summed E-state index contributed by atoms with van der Waals surface area (Å²) >= 11 is 5.60. The van der Waals surface area contributed by atoms with Gasteiger partial charge in [0.1, 0.15) is 0 Å². The van der Waals surface area contributed by atoms with Crippen molar-refractivity contribution in [2.24, 2.45) is 0 Å². The van der Waals surface area contributed by atoms with Crippen molar-refractivity contribution in [1.29, 1.82) is 0 Å². The molecule has 0 saturated carbocycles. The number of carboxylic acid groups (broad SMARTS) is 1. The highest BCUT2D eigenvalue weighted by molar-refractivity contribution is 6.45. The van der Waals surface area contributed by atoms with E-state index in [2.05, 4.69) is 0 Å². The molecular weight excluding hydrogens is 224 g/mol. The molecule has 6 heteroatoms. The molecule has 1 aromatic carbocycles. The van der Waals surface area contributed by atoms with Crippen LogP contribution in [0, 0.1) is 0 Å². The van der Waals surface area contributed by atoms with Crippen molar-refractivity contribution in [3.05, 3.63) is 22.7 Å². The predicted octanol–water partition coefficient (Wildman–Crippen LogP) is 1.32. The van der Waals surface area contributed by atoms with E-state index in [4.69, 9.17) is 21.4 Å². The van der Waals surface area contributed by atoms with Gasteiger partial charge < -0.3 is 14.9 Å². The van der Waals surface area contributed by atoms with E-state index < -0.39 is 23.1 Å². The van der Waals surface area contributed by atoms with Crippen LogP contribution in [-0.4, -0.2) is 29.1 Å². The van der Waals surface area contributed by atoms with E-state index in [0.717, 1.165) is 0 Å². The summed E-state index contributed by atoms with van der Waals surface area (Å²) in [6.07, 6.45) is 0. The van der Waals surface area contributed by atoms with Crippen molar-refractivity contribution < 1.29 is 24.5 Å². The van der Waals surface area contributed by atoms with Gasteiger partial charge in [-0.1, -0.05) is 11.6 Å². The Morgan fingerprint density at radius 2 is 2.00 bits per heavy atom. The third kappa shape index (κ3) is 2.02. The van der Waals surface area contributed by atoms with Crippen LogP contribution in [0.15, 0.2) is 12.1 Å². The molecule has 1 aromatic rings. The topological polar surface area (TPSA) is 83.8 Å². The maximum Gasteiger partial charge on any atom is 0.377 e. The average Bonchev–Trinajstić information content (AvgIpc) is 2.17. The van der Waals surface area contributed by atoms with Crippen molar-refractivity contribution >= 4 is 23.4 Å². The lowest BCUT2D eigenvalue weighted by Gasteiger charge is -2.07. The van der Waals surface area contributed by atoms with E-state index in [1.54, 1.807) is 0 Å². The van der Waals surface area contributed by atoms with Gasteiger partial charge in [-0.05, 0) is 12.1 Å². The molecule has 0 amide bonds. The second kappa shape index (κ2) is 4.18. The Labute approximate surface area is 89.9 Å². The fraction of sp³-hybridized carbons (Fsp3) is 0.111. The predicted molar refractivity (Wildman–Crippen MR) is 51.6 cm³/mol. The number of Topliss-reactive ketones (excluding diaryl/α,β-unsaturated/α-hetero) is 1. The van der Waals surface area contributed by atoms with E-state index in [1.807, 2.05) is 0 Å². The molecule has 0 aliphatic carbocycles. The SMILES string of the molecule is COc1ccc(Cl)c(C(=O)C(=O)O)c1O. The summed E-state index contributed by atoms with van der Waals surface area (Å²) < 4.78 is 4.72. The van der Waals surface area contributed by atoms with Crippen LogP contribution in [0.5, 0.6) is 11.5 Å². The van der Waals surface area contributed by atoms with Gasteiger partial charge in [0.15, 0.2) is 11.5 Å². The number of hydrogen-bond acceptors (Lipinski definition) is 4. The first-order valence-electron chi connectivity index (χ1n) is 3.82. The van der Waals surface area contributed by atoms with Crippen LogP contribution in [-0.2, 0) is 4.79 Å². The molecule has 0 unspecified atom stereocenters. The van der Waals surface area contributed by atoms with Gasteiger partial charge in [0, 0.05) is 0 Å². The van der Waals surface area contributed by atoms with Gasteiger partial charge in [0.25, 0.3) is 5.78 Å². The number of aliphatic carboxylic acids is 1. The number of rotatable bonds is 3. The number of aromatic hydroxyl groups is 1. The van der Waals surface area contributed by atoms with Gasteiger partial charge in [-0.15, -0.1) is 0 Å². The molecule has 0 spiro atoms. The first-order chi connectivity index (χ1) is 6.99. The van der Waals surface area contributed by atoms with Gasteiger partial charge in [0.05, 0.1) is 17.7 Å². The Morgan fingerprint density at radius 1 is 1.40 bits per heavy atom. The molecule has 0 aromatic heterocycles. The van der Waals surface area contributed by atoms with Gasteiger partial charge >= 0.3 is 5.97 Å². The Kier molecular flexibility index (Phi) is 3.16. The number of ketones is 1. The van der Waals surface area contributed by atoms with E-state index in [9.17, 15) is 14.7 Å². The molecule has 0 saturated heterocycles. The highest BCUT2D eigenvalue weighted by Gasteiger charge is 2.24. The number of hydrogen-bond donors (Lipinski definition) is 2. The third-order valence-electron chi connectivity index (χ3n) is 1.73. The van der Waals surface area contributed by atoms with Crippen LogP contribution >= 0.6 is 11.6 Å². The smallest absolute Gasteiger partial charge is 0.377 e. The van der Waals surface area contributed by atoms with E-state index in [0.29, 0.717) is 0 Å². The molecule has 5 nitrogen and oxygen atoms in total. The zero-order valence-electron chi connectivity index (χ0n) is 7.65. The number of methoxy groups -OCH3 is 1. The van der Waals surface area contributed by atoms with E-state index in [1.165, 1.54) is 19.2 Å². The minimum Gasteiger partial charge on any atom is -0.504 e. The van der Waals surface area contributed by atoms with Crippen molar-refractivity contribution in [2.45, 2.75) is 0 Å². The van der Waals surface area contributed by atoms with Crippen molar-refractivity contribution in [2.75, 3.05) is 7.11 Å². The van der Waals surface area contributed by atoms with Crippen LogP contribution < -0.4 is 4.74 Å². The number of phenolic OH excluding ortho intramolecular Hbond substituents is 1. The maximum atomic E-state index is 11.2. The Balaban J connectivity index is 3.39. The van der Waals surface area contributed by atoms with Crippen molar-refractivity contribution in [1.82, 2.24) is 0 Å². The molecule has 15 heavy (non-hydrogen) atoms. The standard InChI is InChI=1S/C9H7ClO5/c1-15-5-3-2-4(10)6(7(5)11)8(12)9(13)14/h2-3,11H,1H3,(H,13,14). The zero-order chi connectivity index (χ0) is 11.6. The molecule has 0 fully saturated rings. The second-order valence-electron chi connectivity index (χ2n) is 2.61. The van der Waals surface area contributed by atoms with Crippen molar-refractivity contribution in [3.63, 3.8) is 0 Å². The monoisotopic (exact) mass is 230 g/mol. The average molecular weight is 231 g/mol. The van der Waals surface area contributed by atoms with Crippen molar-refractivity contribution in [3.8, 4) is 11.5 Å². The Bertz CT molecular complexity index is 427. The first kappa shape index (κ1) is 11.3. The number of ether oxygens (including phenoxy) is 1. The van der Waals surface area contributed by atoms with Gasteiger partial charge in [-0.3, -0.25) is 4.79 Å². The highest BCUT2D eigenvalue weighted by Crippen LogP contribution is 2.34. The molecule has 0 atom stereocenters. The molecular formula is C9H7ClO5. The number of carbonyl (C=O) groups is 2. The summed E-state index contributed by atoms with van der Waals surface area (Å²) in [6.45, 7) is 0. The first-order valence-corrected chi connectivity index (χ1v) is 4.20. The maximum absolute atomic E-state index is 11.2. The van der Waals surface area contributed by atoms with E-state index >= 15 is 0 Å². The number of carbonyl (C=O) groups excluding carboxylic acids is 1. The lowest BCUT2D eigenvalue weighted by atomic mass is 10.1. The van der Waals surface area contributed by atoms with E-state index in [-0.39, 0.29) is 10.8 Å². The number of benzene rings is 1. The second-order valence-corrected chi connectivity index (χ2v) is 3.01. The number of carboxylic acids is 1. The molecule has 0 radical (unpaired) electrons. The van der Waals surface area contributed by atoms with Crippen LogP contribution in [0.4, 0.5) is 0 Å². The fourth-order valence-electron chi connectivity index (χ4n) is 1.04. The lowest BCUT2D eigenvalue weighted by molar-refractivity contribution is -0.131. The summed E-state index contributed by atoms with van der Waals surface area (Å²) in [5, 5.41) is 17.8. The Morgan fingerprint density at radius 3 is 2.47 bits per heavy atom. The summed E-state index contributed by atoms with van der Waals surface area (Å²) in [5.41, 5.74) is -0.469. The number of halogens is 1. The zero-order valence-corrected chi connectivity index (χ0v) is 8.41. The van der Waals surface area contributed by atoms with Gasteiger partial charge in [0.2, 0.25) is 0 Å². The van der Waals surface area contributed by atoms with Crippen LogP contribution in [0.1, 0.15) is 10.4 Å². The molecule has 0 aliphatic heterocycles. The quantitative estimate of drug-likeness (QED) is 0.604. The lowest BCUT2D eigenvalue weighted by Crippen LogP contribution is -2.13. The molecule has 1 rings (SSSR count). The summed E-state index contributed by atoms with van der Waals surface area (Å²) in [5.74, 6) is -3.56. The molecule has 0 aliphatic rings. The third-order valence-corrected chi connectivity index (χ3v) is 2.05. The van der Waals surface area contributed by atoms with Crippen LogP contribution in [0.2, 0.25) is 5.02 Å². The minimum absolute atomic E-state index is 0.0102. The summed E-state index contributed by atoms with van der Waals surface area (Å²) in [4.78, 5) is 21.6. The Hall–Kier alpha value is -1.75. The van der Waals surface area contributed by atoms with Gasteiger partial charge in [-0.25, -0.2) is 4.79 Å². The number of phenols is 1. The molecule has 0 heterocycles.